The summed E-state index contributed by atoms with van der Waals surface area (Å²) in [6.45, 7) is 6.75. The van der Waals surface area contributed by atoms with Crippen molar-refractivity contribution < 1.29 is 18.5 Å². The molecule has 3 N–H and O–H groups in total. The second-order valence-electron chi connectivity index (χ2n) is 6.44. The summed E-state index contributed by atoms with van der Waals surface area (Å²) in [4.78, 5) is 12.4. The summed E-state index contributed by atoms with van der Waals surface area (Å²) in [6, 6.07) is 13.8. The molecule has 0 fully saturated rings. The Kier molecular flexibility index (Phi) is 8.00. The fourth-order valence-electron chi connectivity index (χ4n) is 2.82. The standard InChI is InChI=1S/C20H26ClN3O3S/c1-4-24(5-2)28(26,27)19-12-6-16(7-13-19)15(3)22-14-20(25)23-18-10-8-17(21)9-11-18/h6-13,15,22H,4-5,14H2,1-3H3,(H,23,25)/p+1/t15-/m0/s1. The smallest absolute Gasteiger partial charge is 0.279 e. The van der Waals surface area contributed by atoms with Crippen molar-refractivity contribution in [1.82, 2.24) is 4.31 Å². The summed E-state index contributed by atoms with van der Waals surface area (Å²) in [7, 11) is -3.46. The number of anilines is 1. The van der Waals surface area contributed by atoms with Crippen LogP contribution in [0.4, 0.5) is 5.69 Å². The van der Waals surface area contributed by atoms with Crippen LogP contribution in [0.15, 0.2) is 53.4 Å². The van der Waals surface area contributed by atoms with Gasteiger partial charge in [-0.1, -0.05) is 37.6 Å². The van der Waals surface area contributed by atoms with E-state index in [1.807, 2.05) is 26.1 Å². The van der Waals surface area contributed by atoms with Gasteiger partial charge in [0.1, 0.15) is 6.04 Å². The predicted octanol–water partition coefficient (Wildman–Crippen LogP) is 2.63. The van der Waals surface area contributed by atoms with E-state index >= 15 is 0 Å². The zero-order valence-electron chi connectivity index (χ0n) is 16.4. The fraction of sp³-hybridized carbons (Fsp3) is 0.350. The molecule has 152 valence electrons. The molecule has 0 aliphatic carbocycles. The van der Waals surface area contributed by atoms with Crippen molar-refractivity contribution in [2.24, 2.45) is 0 Å². The van der Waals surface area contributed by atoms with Crippen LogP contribution < -0.4 is 10.6 Å². The highest BCUT2D eigenvalue weighted by atomic mass is 35.5. The van der Waals surface area contributed by atoms with Gasteiger partial charge in [0.2, 0.25) is 10.0 Å². The second-order valence-corrected chi connectivity index (χ2v) is 8.82. The quantitative estimate of drug-likeness (QED) is 0.649. The molecule has 0 unspecified atom stereocenters. The van der Waals surface area contributed by atoms with Gasteiger partial charge in [-0.25, -0.2) is 8.42 Å². The van der Waals surface area contributed by atoms with Crippen LogP contribution in [-0.2, 0) is 14.8 Å². The number of hydrogen-bond acceptors (Lipinski definition) is 3. The number of carbonyl (C=O) groups is 1. The number of halogens is 1. The van der Waals surface area contributed by atoms with Gasteiger partial charge in [0, 0.05) is 29.4 Å². The Labute approximate surface area is 171 Å². The third-order valence-corrected chi connectivity index (χ3v) is 6.85. The number of amides is 1. The van der Waals surface area contributed by atoms with Crippen molar-refractivity contribution in [2.75, 3.05) is 25.0 Å². The first-order chi connectivity index (χ1) is 13.3. The van der Waals surface area contributed by atoms with Gasteiger partial charge < -0.3 is 10.6 Å². The number of carbonyl (C=O) groups excluding carboxylic acids is 1. The van der Waals surface area contributed by atoms with Gasteiger partial charge in [-0.05, 0) is 43.3 Å². The highest BCUT2D eigenvalue weighted by molar-refractivity contribution is 7.89. The summed E-state index contributed by atoms with van der Waals surface area (Å²) in [5.41, 5.74) is 1.65. The first kappa shape index (κ1) is 22.4. The summed E-state index contributed by atoms with van der Waals surface area (Å²) in [5.74, 6) is -0.116. The molecule has 6 nitrogen and oxygen atoms in total. The van der Waals surface area contributed by atoms with Crippen molar-refractivity contribution in [1.29, 1.82) is 0 Å². The Morgan fingerprint density at radius 2 is 1.64 bits per heavy atom. The SMILES string of the molecule is CCN(CC)S(=O)(=O)c1ccc([C@H](C)[NH2+]CC(=O)Nc2ccc(Cl)cc2)cc1. The normalized spacial score (nSPS) is 12.8. The number of benzene rings is 2. The number of nitrogens with two attached hydrogens (primary N) is 1. The van der Waals surface area contributed by atoms with Gasteiger partial charge in [0.05, 0.1) is 4.90 Å². The van der Waals surface area contributed by atoms with E-state index in [1.54, 1.807) is 48.5 Å². The van der Waals surface area contributed by atoms with E-state index in [0.717, 1.165) is 5.56 Å². The van der Waals surface area contributed by atoms with Crippen LogP contribution in [0.25, 0.3) is 0 Å². The minimum Gasteiger partial charge on any atom is -0.333 e. The average molecular weight is 425 g/mol. The monoisotopic (exact) mass is 424 g/mol. The summed E-state index contributed by atoms with van der Waals surface area (Å²) in [5, 5.41) is 5.33. The summed E-state index contributed by atoms with van der Waals surface area (Å²) in [6.07, 6.45) is 0. The van der Waals surface area contributed by atoms with Gasteiger partial charge in [-0.3, -0.25) is 4.79 Å². The lowest BCUT2D eigenvalue weighted by Crippen LogP contribution is -2.86. The first-order valence-electron chi connectivity index (χ1n) is 9.26. The predicted molar refractivity (Wildman–Crippen MR) is 112 cm³/mol. The van der Waals surface area contributed by atoms with Crippen molar-refractivity contribution >= 4 is 33.2 Å². The van der Waals surface area contributed by atoms with E-state index in [-0.39, 0.29) is 23.4 Å². The van der Waals surface area contributed by atoms with Crippen LogP contribution >= 0.6 is 11.6 Å². The third-order valence-electron chi connectivity index (χ3n) is 4.53. The fourth-order valence-corrected chi connectivity index (χ4v) is 4.41. The zero-order valence-corrected chi connectivity index (χ0v) is 17.9. The zero-order chi connectivity index (χ0) is 20.7. The molecule has 0 radical (unpaired) electrons. The molecule has 0 spiro atoms. The van der Waals surface area contributed by atoms with E-state index in [1.165, 1.54) is 4.31 Å². The van der Waals surface area contributed by atoms with Crippen LogP contribution in [0.3, 0.4) is 0 Å². The van der Waals surface area contributed by atoms with Crippen molar-refractivity contribution in [2.45, 2.75) is 31.7 Å². The lowest BCUT2D eigenvalue weighted by atomic mass is 10.1. The van der Waals surface area contributed by atoms with Gasteiger partial charge in [0.15, 0.2) is 6.54 Å². The second kappa shape index (κ2) is 10.0. The van der Waals surface area contributed by atoms with E-state index in [2.05, 4.69) is 5.32 Å². The van der Waals surface area contributed by atoms with Crippen LogP contribution in [0.1, 0.15) is 32.4 Å². The molecule has 0 aliphatic rings. The van der Waals surface area contributed by atoms with Gasteiger partial charge in [-0.2, -0.15) is 4.31 Å². The molecule has 8 heteroatoms. The first-order valence-corrected chi connectivity index (χ1v) is 11.1. The highest BCUT2D eigenvalue weighted by Crippen LogP contribution is 2.18. The van der Waals surface area contributed by atoms with E-state index < -0.39 is 10.0 Å². The topological polar surface area (TPSA) is 83.1 Å². The maximum atomic E-state index is 12.5. The molecule has 0 aliphatic heterocycles. The minimum absolute atomic E-state index is 0.0150. The molecule has 2 rings (SSSR count). The lowest BCUT2D eigenvalue weighted by Gasteiger charge is -2.19. The minimum atomic E-state index is -3.46. The molecular weight excluding hydrogens is 398 g/mol. The number of nitrogens with zero attached hydrogens (tertiary/aromatic N) is 1. The average Bonchev–Trinajstić information content (AvgIpc) is 2.68. The van der Waals surface area contributed by atoms with E-state index in [9.17, 15) is 13.2 Å². The van der Waals surface area contributed by atoms with Crippen LogP contribution in [0.2, 0.25) is 5.02 Å². The number of hydrogen-bond donors (Lipinski definition) is 2. The maximum Gasteiger partial charge on any atom is 0.279 e. The molecule has 1 atom stereocenters. The summed E-state index contributed by atoms with van der Waals surface area (Å²) >= 11 is 5.83. The van der Waals surface area contributed by atoms with Crippen molar-refractivity contribution in [3.8, 4) is 0 Å². The Balaban J connectivity index is 1.94. The Morgan fingerprint density at radius 1 is 1.07 bits per heavy atom. The third kappa shape index (κ3) is 5.78. The Bertz CT molecular complexity index is 880. The van der Waals surface area contributed by atoms with Crippen LogP contribution in [-0.4, -0.2) is 38.3 Å². The lowest BCUT2D eigenvalue weighted by molar-refractivity contribution is -0.682. The number of nitrogens with one attached hydrogen (secondary N) is 1. The Morgan fingerprint density at radius 3 is 2.18 bits per heavy atom. The van der Waals surface area contributed by atoms with Gasteiger partial charge in [-0.15, -0.1) is 0 Å². The summed E-state index contributed by atoms with van der Waals surface area (Å²) < 4.78 is 26.5. The van der Waals surface area contributed by atoms with Crippen LogP contribution in [0.5, 0.6) is 0 Å². The molecule has 2 aromatic carbocycles. The van der Waals surface area contributed by atoms with Crippen molar-refractivity contribution in [3.05, 3.63) is 59.1 Å². The number of rotatable bonds is 9. The number of quaternary nitrogens is 1. The van der Waals surface area contributed by atoms with Crippen LogP contribution in [0, 0.1) is 0 Å². The largest absolute Gasteiger partial charge is 0.333 e. The van der Waals surface area contributed by atoms with E-state index in [4.69, 9.17) is 11.6 Å². The molecule has 0 saturated heterocycles. The highest BCUT2D eigenvalue weighted by Gasteiger charge is 2.22. The van der Waals surface area contributed by atoms with E-state index in [0.29, 0.717) is 23.8 Å². The van der Waals surface area contributed by atoms with Gasteiger partial charge >= 0.3 is 0 Å². The molecule has 2 aromatic rings. The molecule has 28 heavy (non-hydrogen) atoms. The molecule has 1 amide bonds. The molecule has 0 heterocycles. The molecule has 0 aromatic heterocycles. The van der Waals surface area contributed by atoms with Gasteiger partial charge in [0.25, 0.3) is 5.91 Å². The van der Waals surface area contributed by atoms with Crippen molar-refractivity contribution in [3.63, 3.8) is 0 Å². The molecule has 0 bridgehead atoms. The number of sulfonamides is 1. The molecular formula is C20H27ClN3O3S+. The Hall–Kier alpha value is -1.93. The molecule has 0 saturated carbocycles. The maximum absolute atomic E-state index is 12.5.